The first kappa shape index (κ1) is 22.7. The summed E-state index contributed by atoms with van der Waals surface area (Å²) in [5.74, 6) is 0.754. The lowest BCUT2D eigenvalue weighted by Gasteiger charge is -2.32. The van der Waals surface area contributed by atoms with Crippen molar-refractivity contribution in [3.05, 3.63) is 66.7 Å². The molecule has 2 aliphatic heterocycles. The third-order valence-corrected chi connectivity index (χ3v) is 7.74. The van der Waals surface area contributed by atoms with Crippen LogP contribution < -0.4 is 10.2 Å². The SMILES string of the molecule is CC1(C)OB(c2cccc(-n3c4ccccc4c4ccccc43)c2OC2CCCCO2)OC1(C)C. The van der Waals surface area contributed by atoms with Crippen LogP contribution in [0.25, 0.3) is 27.5 Å². The van der Waals surface area contributed by atoms with Gasteiger partial charge in [-0.3, -0.25) is 0 Å². The van der Waals surface area contributed by atoms with Crippen molar-refractivity contribution in [2.45, 2.75) is 64.4 Å². The minimum atomic E-state index is -0.536. The van der Waals surface area contributed by atoms with E-state index in [9.17, 15) is 0 Å². The summed E-state index contributed by atoms with van der Waals surface area (Å²) < 4.78 is 27.9. The van der Waals surface area contributed by atoms with Crippen molar-refractivity contribution in [3.8, 4) is 11.4 Å². The van der Waals surface area contributed by atoms with Crippen LogP contribution in [0.2, 0.25) is 0 Å². The number of benzene rings is 3. The summed E-state index contributed by atoms with van der Waals surface area (Å²) in [5.41, 5.74) is 3.22. The van der Waals surface area contributed by atoms with Crippen LogP contribution in [0.15, 0.2) is 66.7 Å². The highest BCUT2D eigenvalue weighted by atomic mass is 16.7. The summed E-state index contributed by atoms with van der Waals surface area (Å²) in [6, 6.07) is 23.3. The van der Waals surface area contributed by atoms with Crippen molar-refractivity contribution in [1.82, 2.24) is 4.57 Å². The van der Waals surface area contributed by atoms with Gasteiger partial charge in [-0.15, -0.1) is 0 Å². The van der Waals surface area contributed by atoms with Gasteiger partial charge < -0.3 is 23.3 Å². The summed E-state index contributed by atoms with van der Waals surface area (Å²) >= 11 is 0. The molecule has 2 aliphatic rings. The van der Waals surface area contributed by atoms with Crippen LogP contribution >= 0.6 is 0 Å². The monoisotopic (exact) mass is 469 g/mol. The zero-order chi connectivity index (χ0) is 24.2. The predicted octanol–water partition coefficient (Wildman–Crippen LogP) is 5.99. The molecule has 0 spiro atoms. The fourth-order valence-electron chi connectivity index (χ4n) is 5.12. The average molecular weight is 469 g/mol. The molecule has 1 unspecified atom stereocenters. The number of para-hydroxylation sites is 3. The van der Waals surface area contributed by atoms with Gasteiger partial charge in [0.25, 0.3) is 0 Å². The van der Waals surface area contributed by atoms with Gasteiger partial charge in [-0.05, 0) is 58.7 Å². The van der Waals surface area contributed by atoms with Crippen LogP contribution in [0.3, 0.4) is 0 Å². The largest absolute Gasteiger partial charge is 0.498 e. The van der Waals surface area contributed by atoms with E-state index >= 15 is 0 Å². The molecule has 2 fully saturated rings. The Morgan fingerprint density at radius 1 is 0.800 bits per heavy atom. The Morgan fingerprint density at radius 3 is 2.03 bits per heavy atom. The minimum absolute atomic E-state index is 0.292. The van der Waals surface area contributed by atoms with E-state index in [0.717, 1.165) is 47.2 Å². The Bertz CT molecular complexity index is 1320. The first-order chi connectivity index (χ1) is 16.9. The molecular formula is C29H32BNO4. The number of aromatic nitrogens is 1. The van der Waals surface area contributed by atoms with Crippen molar-refractivity contribution in [3.63, 3.8) is 0 Å². The molecule has 6 heteroatoms. The lowest BCUT2D eigenvalue weighted by molar-refractivity contribution is -0.105. The van der Waals surface area contributed by atoms with Crippen molar-refractivity contribution in [1.29, 1.82) is 0 Å². The maximum atomic E-state index is 6.68. The van der Waals surface area contributed by atoms with E-state index in [0.29, 0.717) is 6.61 Å². The zero-order valence-electron chi connectivity index (χ0n) is 20.9. The lowest BCUT2D eigenvalue weighted by Crippen LogP contribution is -2.41. The second kappa shape index (κ2) is 8.40. The smallest absolute Gasteiger partial charge is 0.463 e. The molecular weight excluding hydrogens is 437 g/mol. The highest BCUT2D eigenvalue weighted by Gasteiger charge is 2.52. The summed E-state index contributed by atoms with van der Waals surface area (Å²) in [4.78, 5) is 0. The number of rotatable bonds is 4. The van der Waals surface area contributed by atoms with Gasteiger partial charge in [-0.25, -0.2) is 0 Å². The first-order valence-electron chi connectivity index (χ1n) is 12.6. The maximum absolute atomic E-state index is 6.68. The molecule has 1 atom stereocenters. The van der Waals surface area contributed by atoms with Gasteiger partial charge in [0.2, 0.25) is 0 Å². The molecule has 4 aromatic rings. The molecule has 0 amide bonds. The minimum Gasteiger partial charge on any atom is -0.463 e. The van der Waals surface area contributed by atoms with Gasteiger partial charge in [0.15, 0.2) is 6.29 Å². The highest BCUT2D eigenvalue weighted by molar-refractivity contribution is 6.63. The van der Waals surface area contributed by atoms with Crippen LogP contribution in [0.1, 0.15) is 47.0 Å². The second-order valence-corrected chi connectivity index (χ2v) is 10.6. The molecule has 0 N–H and O–H groups in total. The zero-order valence-corrected chi connectivity index (χ0v) is 20.9. The molecule has 3 heterocycles. The van der Waals surface area contributed by atoms with Gasteiger partial charge in [0.1, 0.15) is 5.75 Å². The van der Waals surface area contributed by atoms with Crippen LogP contribution in [0.4, 0.5) is 0 Å². The van der Waals surface area contributed by atoms with E-state index < -0.39 is 18.3 Å². The number of fused-ring (bicyclic) bond motifs is 3. The van der Waals surface area contributed by atoms with Crippen molar-refractivity contribution >= 4 is 34.4 Å². The summed E-state index contributed by atoms with van der Waals surface area (Å²) in [6.07, 6.45) is 2.73. The predicted molar refractivity (Wildman–Crippen MR) is 141 cm³/mol. The van der Waals surface area contributed by atoms with Gasteiger partial charge in [0, 0.05) is 22.7 Å². The average Bonchev–Trinajstić information content (AvgIpc) is 3.29. The molecule has 2 saturated heterocycles. The number of nitrogens with zero attached hydrogens (tertiary/aromatic N) is 1. The molecule has 0 aliphatic carbocycles. The number of hydrogen-bond acceptors (Lipinski definition) is 4. The van der Waals surface area contributed by atoms with Gasteiger partial charge in [0.05, 0.1) is 34.5 Å². The normalized spacial score (nSPS) is 21.6. The van der Waals surface area contributed by atoms with Crippen LogP contribution in [0.5, 0.6) is 5.75 Å². The van der Waals surface area contributed by atoms with Crippen molar-refractivity contribution in [2.24, 2.45) is 0 Å². The Morgan fingerprint density at radius 2 is 1.43 bits per heavy atom. The molecule has 6 rings (SSSR count). The molecule has 35 heavy (non-hydrogen) atoms. The van der Waals surface area contributed by atoms with Crippen molar-refractivity contribution < 1.29 is 18.8 Å². The topological polar surface area (TPSA) is 41.9 Å². The number of hydrogen-bond donors (Lipinski definition) is 0. The molecule has 1 aromatic heterocycles. The Kier molecular flexibility index (Phi) is 5.44. The van der Waals surface area contributed by atoms with E-state index in [-0.39, 0.29) is 6.29 Å². The third-order valence-electron chi connectivity index (χ3n) is 7.74. The lowest BCUT2D eigenvalue weighted by atomic mass is 9.78. The van der Waals surface area contributed by atoms with E-state index in [4.69, 9.17) is 18.8 Å². The van der Waals surface area contributed by atoms with Crippen LogP contribution in [-0.4, -0.2) is 35.8 Å². The standard InChI is InChI=1S/C29H32BNO4/c1-28(2)29(3,4)35-30(34-28)22-14-11-17-25(27(22)33-26-18-9-10-19-32-26)31-23-15-7-5-12-20(23)21-13-6-8-16-24(21)31/h5-8,11-17,26H,9-10,18-19H2,1-4H3. The van der Waals surface area contributed by atoms with Gasteiger partial charge in [-0.1, -0.05) is 48.5 Å². The summed E-state index contributed by atoms with van der Waals surface area (Å²) in [6.45, 7) is 9.03. The Balaban J connectivity index is 1.57. The summed E-state index contributed by atoms with van der Waals surface area (Å²) in [5, 5.41) is 2.42. The highest BCUT2D eigenvalue weighted by Crippen LogP contribution is 2.40. The fourth-order valence-corrected chi connectivity index (χ4v) is 5.12. The Hall–Kier alpha value is -2.80. The maximum Gasteiger partial charge on any atom is 0.498 e. The Labute approximate surface area is 207 Å². The van der Waals surface area contributed by atoms with E-state index in [1.165, 1.54) is 10.8 Å². The van der Waals surface area contributed by atoms with E-state index in [1.807, 2.05) is 0 Å². The molecule has 0 bridgehead atoms. The van der Waals surface area contributed by atoms with E-state index in [1.54, 1.807) is 0 Å². The van der Waals surface area contributed by atoms with Crippen molar-refractivity contribution in [2.75, 3.05) is 6.61 Å². The second-order valence-electron chi connectivity index (χ2n) is 10.6. The molecule has 0 saturated carbocycles. The van der Waals surface area contributed by atoms with E-state index in [2.05, 4.69) is 99.0 Å². The van der Waals surface area contributed by atoms with Crippen LogP contribution in [-0.2, 0) is 14.0 Å². The number of ether oxygens (including phenoxy) is 2. The molecule has 0 radical (unpaired) electrons. The van der Waals surface area contributed by atoms with Gasteiger partial charge in [-0.2, -0.15) is 0 Å². The van der Waals surface area contributed by atoms with Gasteiger partial charge >= 0.3 is 7.12 Å². The fraction of sp³-hybridized carbons (Fsp3) is 0.379. The molecule has 180 valence electrons. The first-order valence-corrected chi connectivity index (χ1v) is 12.6. The summed E-state index contributed by atoms with van der Waals surface area (Å²) in [7, 11) is -0.536. The van der Waals surface area contributed by atoms with Crippen LogP contribution in [0, 0.1) is 0 Å². The molecule has 3 aromatic carbocycles. The molecule has 5 nitrogen and oxygen atoms in total. The third kappa shape index (κ3) is 3.75. The quantitative estimate of drug-likeness (QED) is 0.345.